The van der Waals surface area contributed by atoms with Crippen molar-refractivity contribution in [2.75, 3.05) is 12.4 Å². The number of pyridine rings is 1. The van der Waals surface area contributed by atoms with Crippen LogP contribution in [0.4, 0.5) is 11.5 Å². The van der Waals surface area contributed by atoms with Crippen molar-refractivity contribution in [2.24, 2.45) is 0 Å². The van der Waals surface area contributed by atoms with Crippen LogP contribution >= 0.6 is 0 Å². The molecule has 2 heterocycles. The smallest absolute Gasteiger partial charge is 0.337 e. The molecule has 0 aliphatic heterocycles. The number of nitrogens with one attached hydrogen (secondary N) is 2. The van der Waals surface area contributed by atoms with Gasteiger partial charge in [-0.05, 0) is 30.3 Å². The lowest BCUT2D eigenvalue weighted by Gasteiger charge is -2.08. The molecule has 0 saturated heterocycles. The van der Waals surface area contributed by atoms with E-state index in [9.17, 15) is 9.59 Å². The number of carbonyl (C=O) groups is 2. The molecule has 0 fully saturated rings. The van der Waals surface area contributed by atoms with Gasteiger partial charge in [0.25, 0.3) is 5.91 Å². The molecule has 0 spiro atoms. The molecule has 0 radical (unpaired) electrons. The maximum atomic E-state index is 12.1. The number of carbonyl (C=O) groups excluding carboxylic acids is 2. The highest BCUT2D eigenvalue weighted by molar-refractivity contribution is 5.92. The lowest BCUT2D eigenvalue weighted by molar-refractivity contribution is 0.0600. The minimum Gasteiger partial charge on any atom is -0.465 e. The molecule has 27 heavy (non-hydrogen) atoms. The summed E-state index contributed by atoms with van der Waals surface area (Å²) in [5.41, 5.74) is 2.02. The van der Waals surface area contributed by atoms with Gasteiger partial charge in [0.15, 0.2) is 0 Å². The summed E-state index contributed by atoms with van der Waals surface area (Å²) in [6, 6.07) is 12.3. The van der Waals surface area contributed by atoms with E-state index in [1.54, 1.807) is 30.5 Å². The number of amides is 1. The maximum Gasteiger partial charge on any atom is 0.337 e. The summed E-state index contributed by atoms with van der Waals surface area (Å²) in [6.07, 6.45) is 4.48. The van der Waals surface area contributed by atoms with Crippen LogP contribution in [0.25, 0.3) is 0 Å². The highest BCUT2D eigenvalue weighted by atomic mass is 16.5. The first-order chi connectivity index (χ1) is 13.2. The fraction of sp³-hybridized carbons (Fsp3) is 0.105. The Morgan fingerprint density at radius 1 is 1.04 bits per heavy atom. The monoisotopic (exact) mass is 363 g/mol. The molecule has 0 aliphatic carbocycles. The zero-order chi connectivity index (χ0) is 19.1. The van der Waals surface area contributed by atoms with Crippen LogP contribution in [0, 0.1) is 0 Å². The Balaban J connectivity index is 1.61. The van der Waals surface area contributed by atoms with E-state index in [1.807, 2.05) is 18.2 Å². The van der Waals surface area contributed by atoms with Crippen LogP contribution in [-0.4, -0.2) is 33.9 Å². The van der Waals surface area contributed by atoms with Gasteiger partial charge >= 0.3 is 5.97 Å². The zero-order valence-electron chi connectivity index (χ0n) is 14.5. The van der Waals surface area contributed by atoms with Gasteiger partial charge in [-0.1, -0.05) is 12.1 Å². The summed E-state index contributed by atoms with van der Waals surface area (Å²) < 4.78 is 4.69. The molecule has 3 aromatic rings. The summed E-state index contributed by atoms with van der Waals surface area (Å²) in [6.45, 7) is 0.307. The van der Waals surface area contributed by atoms with E-state index in [0.717, 1.165) is 5.69 Å². The number of aromatic nitrogens is 3. The van der Waals surface area contributed by atoms with Gasteiger partial charge in [-0.3, -0.25) is 9.78 Å². The number of rotatable bonds is 6. The van der Waals surface area contributed by atoms with E-state index in [4.69, 9.17) is 4.74 Å². The van der Waals surface area contributed by atoms with Gasteiger partial charge in [0.1, 0.15) is 11.5 Å². The molecule has 0 aliphatic rings. The largest absolute Gasteiger partial charge is 0.465 e. The second kappa shape index (κ2) is 8.52. The fourth-order valence-electron chi connectivity index (χ4n) is 2.26. The van der Waals surface area contributed by atoms with E-state index in [0.29, 0.717) is 23.6 Å². The van der Waals surface area contributed by atoms with Gasteiger partial charge in [-0.25, -0.2) is 14.8 Å². The number of hydrogen-bond donors (Lipinski definition) is 2. The number of hydrogen-bond acceptors (Lipinski definition) is 7. The van der Waals surface area contributed by atoms with Crippen molar-refractivity contribution in [2.45, 2.75) is 6.54 Å². The van der Waals surface area contributed by atoms with E-state index >= 15 is 0 Å². The van der Waals surface area contributed by atoms with Crippen molar-refractivity contribution in [3.63, 3.8) is 0 Å². The predicted molar refractivity (Wildman–Crippen MR) is 98.5 cm³/mol. The number of esters is 1. The van der Waals surface area contributed by atoms with E-state index in [2.05, 4.69) is 25.6 Å². The van der Waals surface area contributed by atoms with Gasteiger partial charge in [0.2, 0.25) is 0 Å². The molecule has 1 amide bonds. The Morgan fingerprint density at radius 2 is 1.93 bits per heavy atom. The van der Waals surface area contributed by atoms with Crippen LogP contribution in [0.2, 0.25) is 0 Å². The second-order valence-corrected chi connectivity index (χ2v) is 5.49. The van der Waals surface area contributed by atoms with Crippen LogP contribution in [0.3, 0.4) is 0 Å². The van der Waals surface area contributed by atoms with Crippen molar-refractivity contribution in [3.8, 4) is 0 Å². The second-order valence-electron chi connectivity index (χ2n) is 5.49. The van der Waals surface area contributed by atoms with E-state index < -0.39 is 5.97 Å². The van der Waals surface area contributed by atoms with Crippen molar-refractivity contribution < 1.29 is 14.3 Å². The van der Waals surface area contributed by atoms with E-state index in [-0.39, 0.29) is 11.6 Å². The Hall–Kier alpha value is -3.81. The maximum absolute atomic E-state index is 12.1. The normalized spacial score (nSPS) is 10.1. The van der Waals surface area contributed by atoms with Gasteiger partial charge in [0.05, 0.1) is 37.3 Å². The van der Waals surface area contributed by atoms with Crippen LogP contribution in [-0.2, 0) is 11.3 Å². The van der Waals surface area contributed by atoms with Gasteiger partial charge in [-0.15, -0.1) is 0 Å². The van der Waals surface area contributed by atoms with Crippen LogP contribution in [0.1, 0.15) is 26.5 Å². The molecule has 0 unspecified atom stereocenters. The summed E-state index contributed by atoms with van der Waals surface area (Å²) in [4.78, 5) is 36.1. The molecular weight excluding hydrogens is 346 g/mol. The van der Waals surface area contributed by atoms with Crippen LogP contribution < -0.4 is 10.6 Å². The minimum absolute atomic E-state index is 0.194. The molecule has 2 N–H and O–H groups in total. The summed E-state index contributed by atoms with van der Waals surface area (Å²) in [5, 5.41) is 5.76. The molecule has 136 valence electrons. The van der Waals surface area contributed by atoms with Crippen LogP contribution in [0.15, 0.2) is 61.1 Å². The topological polar surface area (TPSA) is 106 Å². The first-order valence-electron chi connectivity index (χ1n) is 8.11. The van der Waals surface area contributed by atoms with Crippen molar-refractivity contribution in [3.05, 3.63) is 78.0 Å². The fourth-order valence-corrected chi connectivity index (χ4v) is 2.26. The van der Waals surface area contributed by atoms with Crippen molar-refractivity contribution >= 4 is 23.4 Å². The molecule has 0 saturated carbocycles. The third kappa shape index (κ3) is 4.85. The number of anilines is 2. The predicted octanol–water partition coefficient (Wildman–Crippen LogP) is 2.33. The lowest BCUT2D eigenvalue weighted by atomic mass is 10.2. The standard InChI is InChI=1S/C19H17N5O3/c1-27-19(26)13-5-4-7-14(9-13)24-17-12-21-16(11-22-17)18(25)23-10-15-6-2-3-8-20-15/h2-9,11-12H,10H2,1H3,(H,22,24)(H,23,25). The molecule has 1 aromatic carbocycles. The summed E-state index contributed by atoms with van der Waals surface area (Å²) in [5.74, 6) is -0.324. The highest BCUT2D eigenvalue weighted by Crippen LogP contribution is 2.16. The average Bonchev–Trinajstić information content (AvgIpc) is 2.73. The van der Waals surface area contributed by atoms with Gasteiger partial charge in [-0.2, -0.15) is 0 Å². The lowest BCUT2D eigenvalue weighted by Crippen LogP contribution is -2.24. The highest BCUT2D eigenvalue weighted by Gasteiger charge is 2.09. The quantitative estimate of drug-likeness (QED) is 0.647. The van der Waals surface area contributed by atoms with Crippen molar-refractivity contribution in [1.82, 2.24) is 20.3 Å². The van der Waals surface area contributed by atoms with Gasteiger partial charge < -0.3 is 15.4 Å². The molecule has 3 rings (SSSR count). The third-order valence-electron chi connectivity index (χ3n) is 3.60. The van der Waals surface area contributed by atoms with Crippen LogP contribution in [0.5, 0.6) is 0 Å². The number of methoxy groups -OCH3 is 1. The molecule has 0 atom stereocenters. The van der Waals surface area contributed by atoms with E-state index in [1.165, 1.54) is 19.5 Å². The molecule has 8 heteroatoms. The number of nitrogens with zero attached hydrogens (tertiary/aromatic N) is 3. The third-order valence-corrected chi connectivity index (χ3v) is 3.60. The number of ether oxygens (including phenoxy) is 1. The molecule has 8 nitrogen and oxygen atoms in total. The van der Waals surface area contributed by atoms with Gasteiger partial charge in [0, 0.05) is 11.9 Å². The average molecular weight is 363 g/mol. The molecular formula is C19H17N5O3. The summed E-state index contributed by atoms with van der Waals surface area (Å²) >= 11 is 0. The Morgan fingerprint density at radius 3 is 2.63 bits per heavy atom. The first kappa shape index (κ1) is 18.0. The summed E-state index contributed by atoms with van der Waals surface area (Å²) in [7, 11) is 1.32. The Bertz CT molecular complexity index is 930. The minimum atomic E-state index is -0.426. The Labute approximate surface area is 155 Å². The Kier molecular flexibility index (Phi) is 5.68. The first-order valence-corrected chi connectivity index (χ1v) is 8.11. The molecule has 0 bridgehead atoms. The SMILES string of the molecule is COC(=O)c1cccc(Nc2cnc(C(=O)NCc3ccccn3)cn2)c1. The molecule has 2 aromatic heterocycles. The zero-order valence-corrected chi connectivity index (χ0v) is 14.5. The number of benzene rings is 1. The van der Waals surface area contributed by atoms with Crippen molar-refractivity contribution in [1.29, 1.82) is 0 Å².